The molecule has 3 aromatic rings. The largest absolute Gasteiger partial charge is 0.497 e. The molecule has 33 heavy (non-hydrogen) atoms. The zero-order valence-corrected chi connectivity index (χ0v) is 19.0. The van der Waals surface area contributed by atoms with E-state index >= 15 is 0 Å². The molecule has 4 bridgehead atoms. The molecule has 2 aromatic heterocycles. The van der Waals surface area contributed by atoms with Gasteiger partial charge in [0.05, 0.1) is 12.5 Å². The first-order chi connectivity index (χ1) is 16.0. The number of nitrogens with zero attached hydrogens (tertiary/aromatic N) is 3. The van der Waals surface area contributed by atoms with E-state index in [-0.39, 0.29) is 16.9 Å². The maximum atomic E-state index is 13.1. The monoisotopic (exact) mass is 444 g/mol. The zero-order valence-electron chi connectivity index (χ0n) is 19.0. The van der Waals surface area contributed by atoms with Crippen LogP contribution in [0.3, 0.4) is 0 Å². The number of aryl methyl sites for hydroxylation is 1. The molecule has 1 aromatic carbocycles. The molecule has 2 unspecified atom stereocenters. The fourth-order valence-electron chi connectivity index (χ4n) is 6.92. The molecule has 7 nitrogen and oxygen atoms in total. The van der Waals surface area contributed by atoms with Gasteiger partial charge in [0, 0.05) is 16.8 Å². The van der Waals surface area contributed by atoms with Gasteiger partial charge >= 0.3 is 0 Å². The maximum Gasteiger partial charge on any atom is 0.270 e. The number of carbonyl (C=O) groups is 1. The Bertz CT molecular complexity index is 1190. The second-order valence-electron chi connectivity index (χ2n) is 10.3. The molecule has 1 N–H and O–H groups in total. The van der Waals surface area contributed by atoms with Crippen LogP contribution in [0, 0.1) is 18.8 Å². The Morgan fingerprint density at radius 3 is 2.52 bits per heavy atom. The highest BCUT2D eigenvalue weighted by Crippen LogP contribution is 2.62. The molecular weight excluding hydrogens is 416 g/mol. The van der Waals surface area contributed by atoms with E-state index in [4.69, 9.17) is 9.15 Å². The first-order valence-electron chi connectivity index (χ1n) is 11.7. The van der Waals surface area contributed by atoms with Gasteiger partial charge in [0.15, 0.2) is 0 Å². The summed E-state index contributed by atoms with van der Waals surface area (Å²) < 4.78 is 11.5. The van der Waals surface area contributed by atoms with Gasteiger partial charge in [-0.15, -0.1) is 10.2 Å². The second-order valence-corrected chi connectivity index (χ2v) is 10.3. The summed E-state index contributed by atoms with van der Waals surface area (Å²) in [6.45, 7) is 1.91. The lowest BCUT2D eigenvalue weighted by Gasteiger charge is -2.60. The minimum atomic E-state index is -0.235. The highest BCUT2D eigenvalue weighted by Gasteiger charge is 2.60. The van der Waals surface area contributed by atoms with Crippen molar-refractivity contribution < 1.29 is 13.9 Å². The molecule has 7 heteroatoms. The van der Waals surface area contributed by atoms with Gasteiger partial charge in [-0.2, -0.15) is 0 Å². The summed E-state index contributed by atoms with van der Waals surface area (Å²) in [5.74, 6) is 3.09. The number of benzene rings is 1. The number of methoxy groups -OCH3 is 1. The summed E-state index contributed by atoms with van der Waals surface area (Å²) in [7, 11) is 1.65. The predicted octanol–water partition coefficient (Wildman–Crippen LogP) is 4.47. The number of pyridine rings is 1. The van der Waals surface area contributed by atoms with Crippen molar-refractivity contribution in [2.75, 3.05) is 7.11 Å². The minimum Gasteiger partial charge on any atom is -0.497 e. The van der Waals surface area contributed by atoms with Crippen LogP contribution in [-0.2, 0) is 5.41 Å². The molecule has 170 valence electrons. The number of ether oxygens (including phenoxy) is 1. The number of rotatable bonds is 5. The molecule has 0 radical (unpaired) electrons. The molecule has 4 aliphatic rings. The van der Waals surface area contributed by atoms with Gasteiger partial charge in [-0.05, 0) is 93.7 Å². The van der Waals surface area contributed by atoms with E-state index in [1.807, 2.05) is 43.3 Å². The Balaban J connectivity index is 1.29. The smallest absolute Gasteiger partial charge is 0.270 e. The van der Waals surface area contributed by atoms with E-state index in [2.05, 4.69) is 20.5 Å². The summed E-state index contributed by atoms with van der Waals surface area (Å²) in [5.41, 5.74) is 1.81. The van der Waals surface area contributed by atoms with Crippen molar-refractivity contribution in [1.29, 1.82) is 0 Å². The summed E-state index contributed by atoms with van der Waals surface area (Å²) in [5, 5.41) is 12.3. The van der Waals surface area contributed by atoms with Gasteiger partial charge in [0.25, 0.3) is 5.91 Å². The number of hydrogen-bond acceptors (Lipinski definition) is 6. The van der Waals surface area contributed by atoms with Crippen LogP contribution in [0.25, 0.3) is 11.5 Å². The Labute approximate surface area is 193 Å². The van der Waals surface area contributed by atoms with Gasteiger partial charge in [0.1, 0.15) is 11.4 Å². The SMILES string of the molecule is COc1ccc(-c2nnc(C34CC5CC(CC(NC(=O)c6cccc(C)n6)(C5)C3)C4)o2)cc1. The molecule has 0 saturated heterocycles. The second kappa shape index (κ2) is 7.40. The van der Waals surface area contributed by atoms with Gasteiger partial charge in [-0.1, -0.05) is 6.07 Å². The van der Waals surface area contributed by atoms with Crippen molar-refractivity contribution in [3.05, 3.63) is 59.7 Å². The van der Waals surface area contributed by atoms with E-state index in [1.54, 1.807) is 13.2 Å². The average Bonchev–Trinajstić information content (AvgIpc) is 3.29. The van der Waals surface area contributed by atoms with Crippen molar-refractivity contribution in [1.82, 2.24) is 20.5 Å². The number of nitrogens with one attached hydrogen (secondary N) is 1. The molecule has 0 aliphatic heterocycles. The number of carbonyl (C=O) groups excluding carboxylic acids is 1. The number of aromatic nitrogens is 3. The van der Waals surface area contributed by atoms with Crippen LogP contribution in [0.1, 0.15) is 60.6 Å². The Morgan fingerprint density at radius 1 is 1.06 bits per heavy atom. The molecule has 0 spiro atoms. The molecule has 4 saturated carbocycles. The van der Waals surface area contributed by atoms with Crippen LogP contribution in [-0.4, -0.2) is 33.7 Å². The van der Waals surface area contributed by atoms with Crippen molar-refractivity contribution in [2.24, 2.45) is 11.8 Å². The summed E-state index contributed by atoms with van der Waals surface area (Å²) in [6.07, 6.45) is 6.20. The van der Waals surface area contributed by atoms with Crippen LogP contribution in [0.5, 0.6) is 5.75 Å². The van der Waals surface area contributed by atoms with E-state index < -0.39 is 0 Å². The third-order valence-electron chi connectivity index (χ3n) is 7.78. The molecular formula is C26H28N4O3. The number of hydrogen-bond donors (Lipinski definition) is 1. The first kappa shape index (κ1) is 20.4. The quantitative estimate of drug-likeness (QED) is 0.625. The van der Waals surface area contributed by atoms with Gasteiger partial charge in [-0.3, -0.25) is 4.79 Å². The highest BCUT2D eigenvalue weighted by atomic mass is 16.5. The minimum absolute atomic E-state index is 0.0831. The third-order valence-corrected chi connectivity index (χ3v) is 7.78. The van der Waals surface area contributed by atoms with Gasteiger partial charge in [-0.25, -0.2) is 4.98 Å². The standard InChI is InChI=1S/C26H28N4O3/c1-16-4-3-5-21(27-16)22(31)28-26-13-17-10-18(14-26)12-25(11-17,15-26)24-30-29-23(33-24)19-6-8-20(32-2)9-7-19/h3-9,17-18H,10-15H2,1-2H3,(H,28,31). The molecule has 4 aliphatic carbocycles. The van der Waals surface area contributed by atoms with Crippen LogP contribution < -0.4 is 10.1 Å². The fraction of sp³-hybridized carbons (Fsp3) is 0.462. The van der Waals surface area contributed by atoms with Gasteiger partial charge < -0.3 is 14.5 Å². The lowest BCUT2D eigenvalue weighted by Crippen LogP contribution is -2.64. The molecule has 1 amide bonds. The summed E-state index contributed by atoms with van der Waals surface area (Å²) >= 11 is 0. The lowest BCUT2D eigenvalue weighted by molar-refractivity contribution is -0.0471. The van der Waals surface area contributed by atoms with E-state index in [0.29, 0.717) is 23.4 Å². The maximum absolute atomic E-state index is 13.1. The Morgan fingerprint density at radius 2 is 1.82 bits per heavy atom. The average molecular weight is 445 g/mol. The van der Waals surface area contributed by atoms with E-state index in [1.165, 1.54) is 6.42 Å². The number of amides is 1. The van der Waals surface area contributed by atoms with Gasteiger partial charge in [0.2, 0.25) is 11.8 Å². The van der Waals surface area contributed by atoms with Crippen LogP contribution in [0.15, 0.2) is 46.9 Å². The summed E-state index contributed by atoms with van der Waals surface area (Å²) in [6, 6.07) is 13.3. The van der Waals surface area contributed by atoms with E-state index in [9.17, 15) is 4.79 Å². The topological polar surface area (TPSA) is 90.1 Å². The molecule has 7 rings (SSSR count). The van der Waals surface area contributed by atoms with Crippen molar-refractivity contribution >= 4 is 5.91 Å². The molecule has 2 heterocycles. The Hall–Kier alpha value is -3.22. The normalized spacial score (nSPS) is 29.8. The van der Waals surface area contributed by atoms with Crippen LogP contribution in [0.2, 0.25) is 0 Å². The highest BCUT2D eigenvalue weighted by molar-refractivity contribution is 5.92. The lowest BCUT2D eigenvalue weighted by atomic mass is 9.46. The predicted molar refractivity (Wildman–Crippen MR) is 122 cm³/mol. The van der Waals surface area contributed by atoms with Crippen LogP contribution >= 0.6 is 0 Å². The zero-order chi connectivity index (χ0) is 22.6. The first-order valence-corrected chi connectivity index (χ1v) is 11.7. The van der Waals surface area contributed by atoms with Crippen molar-refractivity contribution in [2.45, 2.75) is 56.4 Å². The molecule has 2 atom stereocenters. The fourth-order valence-corrected chi connectivity index (χ4v) is 6.92. The Kier molecular flexibility index (Phi) is 4.57. The van der Waals surface area contributed by atoms with Crippen molar-refractivity contribution in [3.63, 3.8) is 0 Å². The third kappa shape index (κ3) is 3.50. The van der Waals surface area contributed by atoms with Crippen molar-refractivity contribution in [3.8, 4) is 17.2 Å². The molecule has 4 fully saturated rings. The van der Waals surface area contributed by atoms with Crippen LogP contribution in [0.4, 0.5) is 0 Å². The van der Waals surface area contributed by atoms with E-state index in [0.717, 1.165) is 55.0 Å². The summed E-state index contributed by atoms with van der Waals surface area (Å²) in [4.78, 5) is 17.6.